The molecule has 3 aromatic carbocycles. The molecule has 0 radical (unpaired) electrons. The molecule has 2 saturated heterocycles. The van der Waals surface area contributed by atoms with Crippen LogP contribution in [0.2, 0.25) is 0 Å². The minimum Gasteiger partial charge on any atom is -0.497 e. The van der Waals surface area contributed by atoms with Gasteiger partial charge in [-0.25, -0.2) is 9.69 Å². The van der Waals surface area contributed by atoms with Crippen LogP contribution in [0.5, 0.6) is 5.75 Å². The Labute approximate surface area is 223 Å². The third-order valence-corrected chi connectivity index (χ3v) is 7.60. The maximum Gasteiger partial charge on any atom is 0.338 e. The van der Waals surface area contributed by atoms with Gasteiger partial charge in [0, 0.05) is 11.1 Å². The Morgan fingerprint density at radius 2 is 1.49 bits per heavy atom. The summed E-state index contributed by atoms with van der Waals surface area (Å²) in [6.07, 6.45) is -1.04. The van der Waals surface area contributed by atoms with E-state index in [9.17, 15) is 24.0 Å². The number of Topliss-reactive ketones (excluding diaryl/α,β-unsaturated/α-hetero) is 2. The van der Waals surface area contributed by atoms with E-state index in [-0.39, 0.29) is 29.0 Å². The molecule has 39 heavy (non-hydrogen) atoms. The summed E-state index contributed by atoms with van der Waals surface area (Å²) in [5, 5.41) is 0. The van der Waals surface area contributed by atoms with Crippen molar-refractivity contribution in [2.45, 2.75) is 18.6 Å². The number of amides is 2. The van der Waals surface area contributed by atoms with E-state index in [1.54, 1.807) is 43.3 Å². The molecule has 9 nitrogen and oxygen atoms in total. The van der Waals surface area contributed by atoms with Crippen LogP contribution >= 0.6 is 0 Å². The van der Waals surface area contributed by atoms with E-state index >= 15 is 0 Å². The largest absolute Gasteiger partial charge is 0.497 e. The molecule has 1 aliphatic carbocycles. The minimum atomic E-state index is -2.16. The molecule has 2 aliphatic heterocycles. The van der Waals surface area contributed by atoms with Gasteiger partial charge < -0.3 is 14.2 Å². The number of hydrogen-bond donors (Lipinski definition) is 0. The first-order chi connectivity index (χ1) is 18.8. The molecule has 3 atom stereocenters. The van der Waals surface area contributed by atoms with Gasteiger partial charge in [0.05, 0.1) is 42.9 Å². The fraction of sp³-hybridized carbons (Fsp3) is 0.233. The number of rotatable bonds is 5. The van der Waals surface area contributed by atoms with Crippen LogP contribution in [-0.4, -0.2) is 48.7 Å². The van der Waals surface area contributed by atoms with Crippen LogP contribution in [0.25, 0.3) is 0 Å². The average Bonchev–Trinajstić information content (AvgIpc) is 3.53. The first-order valence-electron chi connectivity index (χ1n) is 12.5. The smallest absolute Gasteiger partial charge is 0.338 e. The number of ether oxygens (including phenoxy) is 3. The number of carbonyl (C=O) groups is 5. The molecule has 0 aromatic heterocycles. The van der Waals surface area contributed by atoms with Gasteiger partial charge in [0.15, 0.2) is 0 Å². The van der Waals surface area contributed by atoms with Gasteiger partial charge in [0.2, 0.25) is 29.0 Å². The van der Waals surface area contributed by atoms with Crippen molar-refractivity contribution < 1.29 is 38.2 Å². The second-order valence-electron chi connectivity index (χ2n) is 9.53. The lowest BCUT2D eigenvalue weighted by Crippen LogP contribution is -2.51. The van der Waals surface area contributed by atoms with E-state index in [0.717, 1.165) is 4.90 Å². The highest BCUT2D eigenvalue weighted by molar-refractivity contribution is 6.37. The van der Waals surface area contributed by atoms with Gasteiger partial charge in [-0.3, -0.25) is 19.2 Å². The van der Waals surface area contributed by atoms with Gasteiger partial charge in [-0.15, -0.1) is 0 Å². The van der Waals surface area contributed by atoms with E-state index in [1.807, 2.05) is 0 Å². The van der Waals surface area contributed by atoms with Crippen LogP contribution in [0.4, 0.5) is 5.69 Å². The number of imide groups is 1. The third kappa shape index (κ3) is 3.39. The quantitative estimate of drug-likeness (QED) is 0.282. The van der Waals surface area contributed by atoms with Gasteiger partial charge in [-0.1, -0.05) is 36.4 Å². The van der Waals surface area contributed by atoms with Crippen molar-refractivity contribution in [3.63, 3.8) is 0 Å². The van der Waals surface area contributed by atoms with Crippen LogP contribution < -0.4 is 9.64 Å². The van der Waals surface area contributed by atoms with Crippen molar-refractivity contribution >= 4 is 35.0 Å². The number of esters is 1. The molecule has 196 valence electrons. The predicted molar refractivity (Wildman–Crippen MR) is 137 cm³/mol. The summed E-state index contributed by atoms with van der Waals surface area (Å²) in [4.78, 5) is 68.7. The molecule has 3 aromatic rings. The van der Waals surface area contributed by atoms with Crippen molar-refractivity contribution in [1.82, 2.24) is 0 Å². The highest BCUT2D eigenvalue weighted by Crippen LogP contribution is 2.57. The fourth-order valence-electron chi connectivity index (χ4n) is 5.83. The first kappa shape index (κ1) is 24.7. The van der Waals surface area contributed by atoms with Crippen LogP contribution in [0, 0.1) is 11.8 Å². The van der Waals surface area contributed by atoms with Crippen LogP contribution in [-0.2, 0) is 19.1 Å². The maximum atomic E-state index is 14.0. The van der Waals surface area contributed by atoms with E-state index < -0.39 is 52.9 Å². The second-order valence-corrected chi connectivity index (χ2v) is 9.53. The molecule has 0 N–H and O–H groups in total. The molecule has 1 spiro atoms. The van der Waals surface area contributed by atoms with Gasteiger partial charge in [-0.05, 0) is 48.9 Å². The van der Waals surface area contributed by atoms with Gasteiger partial charge in [0.25, 0.3) is 0 Å². The van der Waals surface area contributed by atoms with Gasteiger partial charge in [-0.2, -0.15) is 0 Å². The second kappa shape index (κ2) is 8.99. The van der Waals surface area contributed by atoms with Crippen molar-refractivity contribution in [3.05, 3.63) is 95.1 Å². The Morgan fingerprint density at radius 3 is 2.05 bits per heavy atom. The Morgan fingerprint density at radius 1 is 0.872 bits per heavy atom. The van der Waals surface area contributed by atoms with Crippen LogP contribution in [0.3, 0.4) is 0 Å². The highest BCUT2D eigenvalue weighted by Gasteiger charge is 2.74. The SMILES string of the molecule is CCOC(=O)c1ccc(N2C(=O)[C@@H]3[C@@H](C2=O)C2(O[C@H]3c3ccc(OC)cc3)C(=O)c3ccccc3C2=O)cc1. The first-order valence-corrected chi connectivity index (χ1v) is 12.5. The van der Waals surface area contributed by atoms with E-state index in [1.165, 1.54) is 43.5 Å². The Balaban J connectivity index is 1.46. The zero-order valence-electron chi connectivity index (χ0n) is 21.1. The molecule has 0 unspecified atom stereocenters. The Bertz CT molecular complexity index is 1510. The Hall–Kier alpha value is -4.63. The zero-order valence-corrected chi connectivity index (χ0v) is 21.1. The number of methoxy groups -OCH3 is 1. The summed E-state index contributed by atoms with van der Waals surface area (Å²) in [7, 11) is 1.52. The molecular weight excluding hydrogens is 502 g/mol. The monoisotopic (exact) mass is 525 g/mol. The summed E-state index contributed by atoms with van der Waals surface area (Å²) < 4.78 is 16.5. The average molecular weight is 526 g/mol. The lowest BCUT2D eigenvalue weighted by molar-refractivity contribution is -0.127. The van der Waals surface area contributed by atoms with Crippen LogP contribution in [0.1, 0.15) is 49.7 Å². The van der Waals surface area contributed by atoms with Crippen molar-refractivity contribution in [2.24, 2.45) is 11.8 Å². The van der Waals surface area contributed by atoms with Crippen LogP contribution in [0.15, 0.2) is 72.8 Å². The fourth-order valence-corrected chi connectivity index (χ4v) is 5.83. The molecule has 9 heteroatoms. The molecule has 0 bridgehead atoms. The lowest BCUT2D eigenvalue weighted by atomic mass is 9.77. The van der Waals surface area contributed by atoms with Crippen molar-refractivity contribution in [3.8, 4) is 5.75 Å². The van der Waals surface area contributed by atoms with E-state index in [0.29, 0.717) is 11.3 Å². The van der Waals surface area contributed by atoms with Crippen molar-refractivity contribution in [1.29, 1.82) is 0 Å². The number of fused-ring (bicyclic) bond motifs is 3. The molecular formula is C30H23NO8. The summed E-state index contributed by atoms with van der Waals surface area (Å²) in [5.74, 6) is -5.02. The summed E-state index contributed by atoms with van der Waals surface area (Å²) >= 11 is 0. The van der Waals surface area contributed by atoms with Gasteiger partial charge in [0.1, 0.15) is 5.75 Å². The molecule has 2 heterocycles. The summed E-state index contributed by atoms with van der Waals surface area (Å²) in [6, 6.07) is 18.9. The molecule has 6 rings (SSSR count). The number of hydrogen-bond acceptors (Lipinski definition) is 8. The standard InChI is InChI=1S/C30H23NO8/c1-3-38-29(36)17-8-12-18(13-9-17)31-27(34)22-23(28(31)35)30(25(32)20-6-4-5-7-21(20)26(30)33)39-24(22)16-10-14-19(37-2)15-11-16/h4-15,22-24H,3H2,1-2H3/t22-,23+,24+/m1/s1. The topological polar surface area (TPSA) is 116 Å². The number of ketones is 2. The maximum absolute atomic E-state index is 14.0. The number of carbonyl (C=O) groups excluding carboxylic acids is 5. The summed E-state index contributed by atoms with van der Waals surface area (Å²) in [6.45, 7) is 1.89. The molecule has 3 aliphatic rings. The summed E-state index contributed by atoms with van der Waals surface area (Å²) in [5.41, 5.74) is -0.840. The lowest BCUT2D eigenvalue weighted by Gasteiger charge is -2.27. The predicted octanol–water partition coefficient (Wildman–Crippen LogP) is 3.57. The zero-order chi connectivity index (χ0) is 27.5. The number of nitrogens with zero attached hydrogens (tertiary/aromatic N) is 1. The highest BCUT2D eigenvalue weighted by atomic mass is 16.5. The van der Waals surface area contributed by atoms with Gasteiger partial charge >= 0.3 is 5.97 Å². The molecule has 2 amide bonds. The van der Waals surface area contributed by atoms with E-state index in [2.05, 4.69) is 0 Å². The van der Waals surface area contributed by atoms with E-state index in [4.69, 9.17) is 14.2 Å². The number of anilines is 1. The Kier molecular flexibility index (Phi) is 5.69. The third-order valence-electron chi connectivity index (χ3n) is 7.60. The normalized spacial score (nSPS) is 22.8. The van der Waals surface area contributed by atoms with Crippen molar-refractivity contribution in [2.75, 3.05) is 18.6 Å². The molecule has 2 fully saturated rings. The molecule has 0 saturated carbocycles. The number of benzene rings is 3. The minimum absolute atomic E-state index is 0.161.